The highest BCUT2D eigenvalue weighted by molar-refractivity contribution is 9.10. The van der Waals surface area contributed by atoms with E-state index in [4.69, 9.17) is 5.73 Å². The Bertz CT molecular complexity index is 687. The maximum atomic E-state index is 13.5. The zero-order chi connectivity index (χ0) is 15.0. The first-order valence-corrected chi connectivity index (χ1v) is 7.89. The molecule has 3 nitrogen and oxygen atoms in total. The first-order chi connectivity index (χ1) is 10.1. The third-order valence-corrected chi connectivity index (χ3v) is 4.78. The molecule has 1 unspecified atom stereocenters. The van der Waals surface area contributed by atoms with E-state index in [1.54, 1.807) is 6.07 Å². The summed E-state index contributed by atoms with van der Waals surface area (Å²) in [6.45, 7) is 2.70. The van der Waals surface area contributed by atoms with Crippen molar-refractivity contribution in [1.82, 2.24) is 9.97 Å². The van der Waals surface area contributed by atoms with Crippen LogP contribution < -0.4 is 5.73 Å². The van der Waals surface area contributed by atoms with Gasteiger partial charge in [0.05, 0.1) is 0 Å². The van der Waals surface area contributed by atoms with Gasteiger partial charge in [-0.25, -0.2) is 14.4 Å². The standard InChI is InChI=1S/C16H17BrFN3/c1-9-12-6-10(8-19)2-5-15(12)21-16(20-9)13-7-11(18)3-4-14(13)17/h3-4,7,10H,2,5-6,8,19H2,1H3. The largest absolute Gasteiger partial charge is 0.330 e. The molecule has 0 saturated heterocycles. The van der Waals surface area contributed by atoms with E-state index < -0.39 is 0 Å². The lowest BCUT2D eigenvalue weighted by Gasteiger charge is -2.24. The summed E-state index contributed by atoms with van der Waals surface area (Å²) in [6.07, 6.45) is 2.92. The number of aryl methyl sites for hydroxylation is 2. The molecule has 1 aromatic heterocycles. The summed E-state index contributed by atoms with van der Waals surface area (Å²) < 4.78 is 14.3. The van der Waals surface area contributed by atoms with Crippen molar-refractivity contribution in [2.24, 2.45) is 11.7 Å². The molecule has 0 saturated carbocycles. The van der Waals surface area contributed by atoms with Crippen LogP contribution in [0.25, 0.3) is 11.4 Å². The van der Waals surface area contributed by atoms with Gasteiger partial charge in [0.15, 0.2) is 5.82 Å². The van der Waals surface area contributed by atoms with Crippen LogP contribution in [0.1, 0.15) is 23.4 Å². The molecule has 1 aliphatic carbocycles. The number of fused-ring (bicyclic) bond motifs is 1. The fraction of sp³-hybridized carbons (Fsp3) is 0.375. The van der Waals surface area contributed by atoms with E-state index in [-0.39, 0.29) is 5.82 Å². The van der Waals surface area contributed by atoms with Crippen LogP contribution in [-0.2, 0) is 12.8 Å². The van der Waals surface area contributed by atoms with Crippen LogP contribution in [-0.4, -0.2) is 16.5 Å². The Hall–Kier alpha value is -1.33. The first kappa shape index (κ1) is 14.6. The summed E-state index contributed by atoms with van der Waals surface area (Å²) in [6, 6.07) is 4.58. The van der Waals surface area contributed by atoms with Crippen molar-refractivity contribution in [3.8, 4) is 11.4 Å². The topological polar surface area (TPSA) is 51.8 Å². The van der Waals surface area contributed by atoms with Crippen LogP contribution in [0.15, 0.2) is 22.7 Å². The molecule has 2 aromatic rings. The van der Waals surface area contributed by atoms with E-state index in [0.717, 1.165) is 35.1 Å². The van der Waals surface area contributed by atoms with Crippen molar-refractivity contribution < 1.29 is 4.39 Å². The van der Waals surface area contributed by atoms with Gasteiger partial charge in [-0.15, -0.1) is 0 Å². The predicted octanol–water partition coefficient (Wildman–Crippen LogP) is 3.42. The number of benzene rings is 1. The van der Waals surface area contributed by atoms with Gasteiger partial charge >= 0.3 is 0 Å². The van der Waals surface area contributed by atoms with E-state index >= 15 is 0 Å². The maximum absolute atomic E-state index is 13.5. The van der Waals surface area contributed by atoms with Gasteiger partial charge in [-0.1, -0.05) is 15.9 Å². The minimum atomic E-state index is -0.282. The number of hydrogen-bond acceptors (Lipinski definition) is 3. The summed E-state index contributed by atoms with van der Waals surface area (Å²) in [7, 11) is 0. The summed E-state index contributed by atoms with van der Waals surface area (Å²) in [4.78, 5) is 9.25. The summed E-state index contributed by atoms with van der Waals surface area (Å²) >= 11 is 3.45. The fourth-order valence-corrected chi connectivity index (χ4v) is 3.27. The molecule has 0 fully saturated rings. The number of rotatable bonds is 2. The van der Waals surface area contributed by atoms with Gasteiger partial charge in [-0.05, 0) is 62.4 Å². The zero-order valence-corrected chi connectivity index (χ0v) is 13.5. The number of nitrogens with zero attached hydrogens (tertiary/aromatic N) is 2. The quantitative estimate of drug-likeness (QED) is 0.903. The Kier molecular flexibility index (Phi) is 4.04. The SMILES string of the molecule is Cc1nc(-c2cc(F)ccc2Br)nc2c1CC(CN)CC2. The molecule has 0 spiro atoms. The average molecular weight is 350 g/mol. The molecule has 110 valence electrons. The van der Waals surface area contributed by atoms with E-state index in [1.807, 2.05) is 6.92 Å². The molecule has 3 rings (SSSR count). The number of halogens is 2. The van der Waals surface area contributed by atoms with Crippen LogP contribution in [0.2, 0.25) is 0 Å². The molecule has 1 atom stereocenters. The van der Waals surface area contributed by atoms with Gasteiger partial charge in [0, 0.05) is 21.4 Å². The molecule has 5 heteroatoms. The molecule has 1 aliphatic rings. The highest BCUT2D eigenvalue weighted by Gasteiger charge is 2.22. The van der Waals surface area contributed by atoms with Crippen molar-refractivity contribution in [3.63, 3.8) is 0 Å². The Morgan fingerprint density at radius 3 is 2.95 bits per heavy atom. The summed E-state index contributed by atoms with van der Waals surface area (Å²) in [5.41, 5.74) is 9.75. The van der Waals surface area contributed by atoms with Crippen molar-refractivity contribution in [2.75, 3.05) is 6.54 Å². The first-order valence-electron chi connectivity index (χ1n) is 7.10. The third-order valence-electron chi connectivity index (χ3n) is 4.08. The van der Waals surface area contributed by atoms with Gasteiger partial charge in [0.2, 0.25) is 0 Å². The van der Waals surface area contributed by atoms with Crippen LogP contribution in [0.3, 0.4) is 0 Å². The van der Waals surface area contributed by atoms with Gasteiger partial charge in [-0.2, -0.15) is 0 Å². The molecular formula is C16H17BrFN3. The normalized spacial score (nSPS) is 17.6. The van der Waals surface area contributed by atoms with Crippen molar-refractivity contribution >= 4 is 15.9 Å². The lowest BCUT2D eigenvalue weighted by Crippen LogP contribution is -2.24. The average Bonchev–Trinajstić information content (AvgIpc) is 2.49. The molecule has 1 aromatic carbocycles. The van der Waals surface area contributed by atoms with Crippen molar-refractivity contribution in [3.05, 3.63) is 45.4 Å². The number of nitrogens with two attached hydrogens (primary N) is 1. The van der Waals surface area contributed by atoms with E-state index in [9.17, 15) is 4.39 Å². The zero-order valence-electron chi connectivity index (χ0n) is 11.9. The molecule has 2 N–H and O–H groups in total. The van der Waals surface area contributed by atoms with Crippen molar-refractivity contribution in [2.45, 2.75) is 26.2 Å². The molecule has 1 heterocycles. The van der Waals surface area contributed by atoms with E-state index in [1.165, 1.54) is 17.7 Å². The maximum Gasteiger partial charge on any atom is 0.160 e. The van der Waals surface area contributed by atoms with Gasteiger partial charge < -0.3 is 5.73 Å². The van der Waals surface area contributed by atoms with Gasteiger partial charge in [0.25, 0.3) is 0 Å². The minimum Gasteiger partial charge on any atom is -0.330 e. The van der Waals surface area contributed by atoms with Gasteiger partial charge in [0.1, 0.15) is 5.82 Å². The Balaban J connectivity index is 2.07. The monoisotopic (exact) mass is 349 g/mol. The van der Waals surface area contributed by atoms with Crippen LogP contribution in [0, 0.1) is 18.7 Å². The van der Waals surface area contributed by atoms with Crippen LogP contribution in [0.5, 0.6) is 0 Å². The Morgan fingerprint density at radius 1 is 1.38 bits per heavy atom. The molecule has 0 radical (unpaired) electrons. The minimum absolute atomic E-state index is 0.282. The molecule has 21 heavy (non-hydrogen) atoms. The number of hydrogen-bond donors (Lipinski definition) is 1. The second-order valence-corrected chi connectivity index (χ2v) is 6.38. The highest BCUT2D eigenvalue weighted by Crippen LogP contribution is 2.31. The highest BCUT2D eigenvalue weighted by atomic mass is 79.9. The number of aromatic nitrogens is 2. The van der Waals surface area contributed by atoms with Crippen LogP contribution >= 0.6 is 15.9 Å². The smallest absolute Gasteiger partial charge is 0.160 e. The molecule has 0 amide bonds. The van der Waals surface area contributed by atoms with Crippen LogP contribution in [0.4, 0.5) is 4.39 Å². The third kappa shape index (κ3) is 2.85. The van der Waals surface area contributed by atoms with E-state index in [2.05, 4.69) is 25.9 Å². The van der Waals surface area contributed by atoms with Crippen molar-refractivity contribution in [1.29, 1.82) is 0 Å². The lowest BCUT2D eigenvalue weighted by atomic mass is 9.86. The lowest BCUT2D eigenvalue weighted by molar-refractivity contribution is 0.460. The predicted molar refractivity (Wildman–Crippen MR) is 84.4 cm³/mol. The summed E-state index contributed by atoms with van der Waals surface area (Å²) in [5.74, 6) is 0.825. The molecule has 0 aliphatic heterocycles. The second kappa shape index (κ2) is 5.81. The van der Waals surface area contributed by atoms with Gasteiger partial charge in [-0.3, -0.25) is 0 Å². The fourth-order valence-electron chi connectivity index (χ4n) is 2.85. The molecule has 0 bridgehead atoms. The molecular weight excluding hydrogens is 333 g/mol. The summed E-state index contributed by atoms with van der Waals surface area (Å²) in [5, 5.41) is 0. The second-order valence-electron chi connectivity index (χ2n) is 5.53. The Labute approximate surface area is 131 Å². The van der Waals surface area contributed by atoms with E-state index in [0.29, 0.717) is 23.9 Å². The Morgan fingerprint density at radius 2 is 2.19 bits per heavy atom.